The van der Waals surface area contributed by atoms with Gasteiger partial charge in [-0.05, 0) is 79.4 Å². The largest absolute Gasteiger partial charge is 0.478 e. The first-order chi connectivity index (χ1) is 38.8. The van der Waals surface area contributed by atoms with Crippen LogP contribution in [-0.2, 0) is 52.4 Å². The summed E-state index contributed by atoms with van der Waals surface area (Å²) in [5, 5.41) is 50.6. The number of aliphatic hydroxyl groups excluding tert-OH is 1. The average Bonchev–Trinajstić information content (AvgIpc) is 0.985. The monoisotopic (exact) mass is 1130 g/mol. The molecule has 1 heterocycles. The third-order valence-corrected chi connectivity index (χ3v) is 16.3. The Morgan fingerprint density at radius 1 is 0.744 bits per heavy atom. The van der Waals surface area contributed by atoms with Crippen LogP contribution in [0.1, 0.15) is 131 Å². The van der Waals surface area contributed by atoms with Gasteiger partial charge in [-0.25, -0.2) is 19.2 Å². The van der Waals surface area contributed by atoms with E-state index in [1.807, 2.05) is 0 Å². The fourth-order valence-electron chi connectivity index (χ4n) is 12.1. The van der Waals surface area contributed by atoms with Gasteiger partial charge in [0.15, 0.2) is 17.5 Å². The smallest absolute Gasteiger partial charge is 0.350 e. The maximum Gasteiger partial charge on any atom is 0.350 e. The number of aromatic carboxylic acids is 2. The molecule has 22 nitrogen and oxygen atoms in total. The van der Waals surface area contributed by atoms with Gasteiger partial charge in [0.2, 0.25) is 6.10 Å². The first-order valence-corrected chi connectivity index (χ1v) is 26.4. The number of nitrogens with one attached hydrogen (secondary N) is 2. The summed E-state index contributed by atoms with van der Waals surface area (Å²) in [6.45, 7) is 7.31. The van der Waals surface area contributed by atoms with E-state index in [-0.39, 0.29) is 58.3 Å². The maximum atomic E-state index is 15.8. The molecule has 8 rings (SSSR count). The second-order valence-electron chi connectivity index (χ2n) is 21.5. The van der Waals surface area contributed by atoms with Crippen molar-refractivity contribution < 1.29 is 96.8 Å². The van der Waals surface area contributed by atoms with E-state index in [1.54, 1.807) is 54.6 Å². The van der Waals surface area contributed by atoms with Crippen LogP contribution in [0.4, 0.5) is 0 Å². The third-order valence-electron chi connectivity index (χ3n) is 16.3. The molecule has 2 saturated carbocycles. The Kier molecular flexibility index (Phi) is 17.0. The summed E-state index contributed by atoms with van der Waals surface area (Å²) >= 11 is 0. The molecule has 11 atom stereocenters. The molecule has 0 spiro atoms. The minimum Gasteiger partial charge on any atom is -0.478 e. The minimum atomic E-state index is -2.55. The van der Waals surface area contributed by atoms with Gasteiger partial charge in [-0.3, -0.25) is 28.8 Å². The van der Waals surface area contributed by atoms with Gasteiger partial charge in [0.25, 0.3) is 11.8 Å². The Morgan fingerprint density at radius 3 is 1.94 bits per heavy atom. The number of carbonyl (C=O) groups excluding carboxylic acids is 8. The number of amides is 2. The maximum absolute atomic E-state index is 15.8. The summed E-state index contributed by atoms with van der Waals surface area (Å²) in [6, 6.07) is 24.8. The second kappa shape index (κ2) is 23.5. The predicted molar refractivity (Wildman–Crippen MR) is 283 cm³/mol. The number of ketones is 1. The Balaban J connectivity index is 1.21. The number of fused-ring (bicyclic) bond motifs is 5. The molecule has 1 saturated heterocycles. The van der Waals surface area contributed by atoms with E-state index in [1.165, 1.54) is 64.1 Å². The lowest BCUT2D eigenvalue weighted by atomic mass is 9.44. The van der Waals surface area contributed by atoms with Crippen LogP contribution in [0.25, 0.3) is 0 Å². The fraction of sp³-hybridized carbons (Fsp3) is 0.400. The molecule has 4 aromatic carbocycles. The van der Waals surface area contributed by atoms with Crippen LogP contribution in [0.5, 0.6) is 0 Å². The van der Waals surface area contributed by atoms with E-state index < -0.39 is 155 Å². The Hall–Kier alpha value is -8.60. The van der Waals surface area contributed by atoms with Crippen molar-refractivity contribution in [1.29, 1.82) is 0 Å². The summed E-state index contributed by atoms with van der Waals surface area (Å²) in [5.74, 6) is -12.5. The summed E-state index contributed by atoms with van der Waals surface area (Å²) < 4.78 is 36.8. The number of hydrogen-bond acceptors (Lipinski definition) is 18. The molecule has 432 valence electrons. The molecule has 82 heavy (non-hydrogen) atoms. The lowest BCUT2D eigenvalue weighted by Gasteiger charge is -2.67. The molecule has 0 aromatic heterocycles. The molecular formula is C60H62N2O20. The number of esters is 5. The van der Waals surface area contributed by atoms with Crippen molar-refractivity contribution >= 4 is 59.4 Å². The highest BCUT2D eigenvalue weighted by molar-refractivity contribution is 6.06. The number of carbonyl (C=O) groups is 10. The van der Waals surface area contributed by atoms with Gasteiger partial charge >= 0.3 is 41.8 Å². The first kappa shape index (κ1) is 59.5. The number of ether oxygens (including phenoxy) is 6. The summed E-state index contributed by atoms with van der Waals surface area (Å²) in [6.07, 6.45) is -12.1. The third kappa shape index (κ3) is 11.1. The second-order valence-corrected chi connectivity index (χ2v) is 21.5. The van der Waals surface area contributed by atoms with E-state index in [0.717, 1.165) is 32.0 Å². The lowest BCUT2D eigenvalue weighted by Crippen LogP contribution is -2.82. The number of carboxylic acid groups (broad SMARTS) is 2. The predicted octanol–water partition coefficient (Wildman–Crippen LogP) is 4.89. The van der Waals surface area contributed by atoms with Gasteiger partial charge in [-0.15, -0.1) is 0 Å². The van der Waals surface area contributed by atoms with E-state index in [0.29, 0.717) is 0 Å². The van der Waals surface area contributed by atoms with Gasteiger partial charge in [-0.2, -0.15) is 0 Å². The Labute approximate surface area is 470 Å². The average molecular weight is 1130 g/mol. The molecule has 2 bridgehead atoms. The van der Waals surface area contributed by atoms with Crippen LogP contribution < -0.4 is 10.6 Å². The molecule has 0 radical (unpaired) electrons. The van der Waals surface area contributed by atoms with Crippen molar-refractivity contribution in [2.75, 3.05) is 13.2 Å². The van der Waals surface area contributed by atoms with Crippen molar-refractivity contribution in [2.45, 2.75) is 121 Å². The van der Waals surface area contributed by atoms with Crippen molar-refractivity contribution in [3.05, 3.63) is 154 Å². The van der Waals surface area contributed by atoms with Crippen LogP contribution in [0, 0.1) is 16.7 Å². The van der Waals surface area contributed by atoms with Crippen LogP contribution in [0.3, 0.4) is 0 Å². The van der Waals surface area contributed by atoms with Gasteiger partial charge in [0, 0.05) is 50.6 Å². The fourth-order valence-corrected chi connectivity index (χ4v) is 12.1. The number of benzene rings is 4. The molecule has 2 unspecified atom stereocenters. The normalized spacial score (nSPS) is 26.7. The number of rotatable bonds is 18. The zero-order chi connectivity index (χ0) is 59.6. The molecule has 3 fully saturated rings. The molecule has 4 aromatic rings. The molecule has 22 heteroatoms. The summed E-state index contributed by atoms with van der Waals surface area (Å²) in [5.41, 5.74) is -9.41. The lowest BCUT2D eigenvalue weighted by molar-refractivity contribution is -0.346. The van der Waals surface area contributed by atoms with E-state index in [9.17, 15) is 58.8 Å². The van der Waals surface area contributed by atoms with Crippen LogP contribution in [0.2, 0.25) is 0 Å². The quantitative estimate of drug-likeness (QED) is 0.0334. The highest BCUT2D eigenvalue weighted by Crippen LogP contribution is 2.64. The zero-order valence-electron chi connectivity index (χ0n) is 45.6. The van der Waals surface area contributed by atoms with Crippen LogP contribution >= 0.6 is 0 Å². The number of carboxylic acids is 2. The molecule has 2 amide bonds. The number of hydrogen-bond donors (Lipinski definition) is 6. The van der Waals surface area contributed by atoms with Gasteiger partial charge in [0.1, 0.15) is 30.0 Å². The molecular weight excluding hydrogens is 1070 g/mol. The topological polar surface area (TPSA) is 331 Å². The SMILES string of the molecule is CC(=O)OC1C(=O)C2(C)[C@@H](O)C[C@H]3OC[C@@]3(OC(C)=O)[C@H]2[C@H](OC(=O)c2ccccc2)[C@]2(O)C[C@H](OC(=O)[C@H](OC(=O)CCCNC(=O)c3ccc(C(=O)O)cc3C(=O)O)[C@@H](NC(=O)c3ccccc3)c3ccccc3)C(C)=C1C2(C)C. The minimum absolute atomic E-state index is 0.00189. The van der Waals surface area contributed by atoms with Gasteiger partial charge in [0.05, 0.1) is 46.3 Å². The van der Waals surface area contributed by atoms with Gasteiger partial charge in [-0.1, -0.05) is 80.6 Å². The van der Waals surface area contributed by atoms with E-state index >= 15 is 9.59 Å². The molecule has 4 aliphatic rings. The van der Waals surface area contributed by atoms with Crippen molar-refractivity contribution in [1.82, 2.24) is 10.6 Å². The Bertz CT molecular complexity index is 3240. The number of Topliss-reactive ketones (excluding diaryl/α,β-unsaturated/α-hetero) is 1. The molecule has 1 aliphatic heterocycles. The highest BCUT2D eigenvalue weighted by atomic mass is 16.6. The van der Waals surface area contributed by atoms with Crippen molar-refractivity contribution in [2.24, 2.45) is 16.7 Å². The van der Waals surface area contributed by atoms with Gasteiger partial charge < -0.3 is 59.5 Å². The van der Waals surface area contributed by atoms with E-state index in [2.05, 4.69) is 10.6 Å². The zero-order valence-corrected chi connectivity index (χ0v) is 45.6. The standard InChI is InChI=1S/C60H62N2O20/c1-31-40(29-60(76)50(81-55(74)36-21-14-9-15-22-36)48-58(6,41(65)28-42-59(48,30-77-42)82-33(3)64)49(67)46(78-32(2)63)44(31)57(60,4)5)79-56(75)47(45(34-17-10-7-11-18-34)62-51(68)35-19-12-8-13-20-35)80-43(66)23-16-26-61-52(69)38-25-24-37(53(70)71)27-39(38)54(72)73/h7-15,17-22,24-25,27,40-42,45-48,50,65,76H,16,23,26,28-30H2,1-6H3,(H,61,69)(H,62,68)(H,70,71)(H,72,73)/t40-,41-,42+,45-,46?,47+,48-,50-,58?,59-,60+/m0/s1. The highest BCUT2D eigenvalue weighted by Gasteiger charge is 2.78. The van der Waals surface area contributed by atoms with Crippen molar-refractivity contribution in [3.8, 4) is 0 Å². The number of aliphatic hydroxyl groups is 2. The van der Waals surface area contributed by atoms with Crippen LogP contribution in [-0.4, -0.2) is 141 Å². The van der Waals surface area contributed by atoms with E-state index in [4.69, 9.17) is 28.4 Å². The molecule has 6 N–H and O–H groups in total. The Morgan fingerprint density at radius 2 is 1.37 bits per heavy atom. The first-order valence-electron chi connectivity index (χ1n) is 26.4. The van der Waals surface area contributed by atoms with Crippen molar-refractivity contribution in [3.63, 3.8) is 0 Å². The van der Waals surface area contributed by atoms with Crippen LogP contribution in [0.15, 0.2) is 120 Å². The summed E-state index contributed by atoms with van der Waals surface area (Å²) in [4.78, 5) is 137. The molecule has 3 aliphatic carbocycles. The summed E-state index contributed by atoms with van der Waals surface area (Å²) in [7, 11) is 0.